The van der Waals surface area contributed by atoms with Crippen molar-refractivity contribution in [1.82, 2.24) is 0 Å². The van der Waals surface area contributed by atoms with Gasteiger partial charge in [-0.2, -0.15) is 0 Å². The van der Waals surface area contributed by atoms with Gasteiger partial charge in [-0.25, -0.2) is 9.13 Å². The summed E-state index contributed by atoms with van der Waals surface area (Å²) in [6.07, 6.45) is 44.6. The Labute approximate surface area is 556 Å². The van der Waals surface area contributed by atoms with Crippen LogP contribution in [0.5, 0.6) is 0 Å². The molecule has 0 amide bonds. The van der Waals surface area contributed by atoms with Gasteiger partial charge >= 0.3 is 39.5 Å². The van der Waals surface area contributed by atoms with E-state index in [1.807, 2.05) is 0 Å². The van der Waals surface area contributed by atoms with E-state index in [4.69, 9.17) is 37.0 Å². The van der Waals surface area contributed by atoms with E-state index in [2.05, 4.69) is 55.4 Å². The van der Waals surface area contributed by atoms with Gasteiger partial charge in [-0.15, -0.1) is 0 Å². The maximum absolute atomic E-state index is 13.0. The molecule has 0 fully saturated rings. The molecule has 3 unspecified atom stereocenters. The molecule has 0 heterocycles. The number of carbonyl (C=O) groups is 4. The Bertz CT molecular complexity index is 1800. The summed E-state index contributed by atoms with van der Waals surface area (Å²) in [5.41, 5.74) is 0. The molecule has 0 bridgehead atoms. The van der Waals surface area contributed by atoms with Gasteiger partial charge in [0.25, 0.3) is 0 Å². The molecule has 0 aromatic rings. The number of rotatable bonds is 69. The summed E-state index contributed by atoms with van der Waals surface area (Å²) in [5.74, 6) is 0.840. The SMILES string of the molecule is CC(C)CCCCCCCCCCCCCCCC(=O)OC[C@H](COP(=O)(O)OCC(O)COP(=O)(O)OC[C@@H](COC(=O)CCCCCCCCCC(C)C)OC(=O)CCCCCCCCCCCCCCC(C)C)OC(=O)CCCCCCCCCC(C)C. The first-order valence-electron chi connectivity index (χ1n) is 37.2. The van der Waals surface area contributed by atoms with Gasteiger partial charge in [-0.05, 0) is 49.4 Å². The van der Waals surface area contributed by atoms with Crippen LogP contribution >= 0.6 is 15.6 Å². The first-order chi connectivity index (χ1) is 43.6. The molecule has 19 heteroatoms. The second-order valence-corrected chi connectivity index (χ2v) is 30.8. The maximum atomic E-state index is 13.0. The monoisotopic (exact) mass is 1340 g/mol. The number of ether oxygens (including phenoxy) is 4. The lowest BCUT2D eigenvalue weighted by molar-refractivity contribution is -0.161. The van der Waals surface area contributed by atoms with Crippen LogP contribution in [0.1, 0.15) is 357 Å². The largest absolute Gasteiger partial charge is 0.472 e. The van der Waals surface area contributed by atoms with E-state index in [1.165, 1.54) is 154 Å². The normalized spacial score (nSPS) is 14.2. The fourth-order valence-electron chi connectivity index (χ4n) is 10.8. The van der Waals surface area contributed by atoms with Gasteiger partial charge in [-0.1, -0.05) is 306 Å². The van der Waals surface area contributed by atoms with Crippen LogP contribution in [0.3, 0.4) is 0 Å². The van der Waals surface area contributed by atoms with Gasteiger partial charge in [0.1, 0.15) is 19.3 Å². The van der Waals surface area contributed by atoms with Crippen LogP contribution in [-0.2, 0) is 65.4 Å². The Hall–Kier alpha value is -1.94. The van der Waals surface area contributed by atoms with E-state index in [9.17, 15) is 43.2 Å². The van der Waals surface area contributed by atoms with Crippen LogP contribution in [-0.4, -0.2) is 96.7 Å². The molecule has 0 aromatic heterocycles. The smallest absolute Gasteiger partial charge is 0.462 e. The summed E-state index contributed by atoms with van der Waals surface area (Å²) in [4.78, 5) is 72.6. The summed E-state index contributed by atoms with van der Waals surface area (Å²) in [6, 6.07) is 0. The molecule has 0 aromatic carbocycles. The highest BCUT2D eigenvalue weighted by atomic mass is 31.2. The number of aliphatic hydroxyl groups excluding tert-OH is 1. The van der Waals surface area contributed by atoms with Crippen molar-refractivity contribution >= 4 is 39.5 Å². The highest BCUT2D eigenvalue weighted by molar-refractivity contribution is 7.47. The minimum atomic E-state index is -4.95. The van der Waals surface area contributed by atoms with E-state index in [0.717, 1.165) is 108 Å². The highest BCUT2D eigenvalue weighted by Crippen LogP contribution is 2.45. The number of hydrogen-bond acceptors (Lipinski definition) is 15. The Morgan fingerprint density at radius 1 is 0.275 bits per heavy atom. The number of phosphoric ester groups is 2. The summed E-state index contributed by atoms with van der Waals surface area (Å²) >= 11 is 0. The van der Waals surface area contributed by atoms with Crippen molar-refractivity contribution in [3.8, 4) is 0 Å². The number of phosphoric acid groups is 2. The fraction of sp³-hybridized carbons (Fsp3) is 0.944. The van der Waals surface area contributed by atoms with Gasteiger partial charge < -0.3 is 33.8 Å². The number of aliphatic hydroxyl groups is 1. The second-order valence-electron chi connectivity index (χ2n) is 27.9. The standard InChI is InChI=1S/C72H140O17P2/c1-62(2)48-40-32-24-18-14-10-9-11-16-20-28-36-44-52-69(74)82-58-68(89-72(77)55-47-39-31-23-27-35-43-51-65(7)8)61-87-91(80,81)85-57-66(73)56-84-90(78,79)86-60-67(59-83-70(75)53-45-37-30-22-26-34-42-50-64(5)6)88-71(76)54-46-38-29-21-17-13-12-15-19-25-33-41-49-63(3)4/h62-68,73H,9-61H2,1-8H3,(H,78,79)(H,80,81)/t66?,67-,68-/m1/s1. The predicted octanol–water partition coefficient (Wildman–Crippen LogP) is 20.5. The molecule has 0 aliphatic carbocycles. The third-order valence-corrected chi connectivity index (χ3v) is 18.5. The summed E-state index contributed by atoms with van der Waals surface area (Å²) < 4.78 is 68.3. The zero-order valence-electron chi connectivity index (χ0n) is 59.5. The number of unbranched alkanes of at least 4 members (excludes halogenated alkanes) is 35. The van der Waals surface area contributed by atoms with E-state index < -0.39 is 97.5 Å². The molecule has 91 heavy (non-hydrogen) atoms. The van der Waals surface area contributed by atoms with Crippen LogP contribution in [0.2, 0.25) is 0 Å². The van der Waals surface area contributed by atoms with Crippen LogP contribution in [0.4, 0.5) is 0 Å². The number of carbonyl (C=O) groups excluding carboxylic acids is 4. The van der Waals surface area contributed by atoms with Crippen LogP contribution in [0.25, 0.3) is 0 Å². The van der Waals surface area contributed by atoms with Gasteiger partial charge in [0.05, 0.1) is 26.4 Å². The molecule has 17 nitrogen and oxygen atoms in total. The summed E-state index contributed by atoms with van der Waals surface area (Å²) in [6.45, 7) is 14.1. The molecular formula is C72H140O17P2. The molecule has 0 spiro atoms. The number of hydrogen-bond donors (Lipinski definition) is 3. The van der Waals surface area contributed by atoms with Gasteiger partial charge in [0.2, 0.25) is 0 Å². The van der Waals surface area contributed by atoms with E-state index in [1.54, 1.807) is 0 Å². The van der Waals surface area contributed by atoms with Crippen molar-refractivity contribution < 1.29 is 80.2 Å². The van der Waals surface area contributed by atoms with Crippen molar-refractivity contribution in [3.63, 3.8) is 0 Å². The van der Waals surface area contributed by atoms with Crippen molar-refractivity contribution in [1.29, 1.82) is 0 Å². The van der Waals surface area contributed by atoms with E-state index in [-0.39, 0.29) is 25.7 Å². The van der Waals surface area contributed by atoms with Gasteiger partial charge in [0.15, 0.2) is 12.2 Å². The quantitative estimate of drug-likeness (QED) is 0.0222. The topological polar surface area (TPSA) is 237 Å². The average Bonchev–Trinajstić information content (AvgIpc) is 3.51. The lowest BCUT2D eigenvalue weighted by Gasteiger charge is -2.21. The van der Waals surface area contributed by atoms with Crippen molar-refractivity contribution in [2.75, 3.05) is 39.6 Å². The Morgan fingerprint density at radius 2 is 0.462 bits per heavy atom. The third-order valence-electron chi connectivity index (χ3n) is 16.6. The molecule has 3 N–H and O–H groups in total. The average molecular weight is 1340 g/mol. The Morgan fingerprint density at radius 3 is 0.681 bits per heavy atom. The van der Waals surface area contributed by atoms with Crippen LogP contribution in [0, 0.1) is 23.7 Å². The molecule has 0 aliphatic rings. The zero-order chi connectivity index (χ0) is 67.5. The molecule has 0 saturated heterocycles. The van der Waals surface area contributed by atoms with Crippen molar-refractivity contribution in [2.24, 2.45) is 23.7 Å². The summed E-state index contributed by atoms with van der Waals surface area (Å²) in [5, 5.41) is 10.6. The molecule has 0 aliphatic heterocycles. The van der Waals surface area contributed by atoms with Gasteiger partial charge in [-0.3, -0.25) is 37.3 Å². The van der Waals surface area contributed by atoms with Crippen molar-refractivity contribution in [3.05, 3.63) is 0 Å². The lowest BCUT2D eigenvalue weighted by atomic mass is 10.0. The Kier molecular flexibility index (Phi) is 60.3. The number of esters is 4. The first-order valence-corrected chi connectivity index (χ1v) is 40.2. The van der Waals surface area contributed by atoms with E-state index >= 15 is 0 Å². The Balaban J connectivity index is 5.21. The van der Waals surface area contributed by atoms with Crippen LogP contribution in [0.15, 0.2) is 0 Å². The molecule has 0 rings (SSSR count). The summed E-state index contributed by atoms with van der Waals surface area (Å²) in [7, 11) is -9.90. The van der Waals surface area contributed by atoms with Gasteiger partial charge in [0, 0.05) is 25.7 Å². The minimum absolute atomic E-state index is 0.103. The predicted molar refractivity (Wildman–Crippen MR) is 367 cm³/mol. The molecule has 540 valence electrons. The maximum Gasteiger partial charge on any atom is 0.472 e. The lowest BCUT2D eigenvalue weighted by Crippen LogP contribution is -2.30. The highest BCUT2D eigenvalue weighted by Gasteiger charge is 2.30. The molecular weight excluding hydrogens is 1200 g/mol. The molecule has 5 atom stereocenters. The zero-order valence-corrected chi connectivity index (χ0v) is 61.3. The minimum Gasteiger partial charge on any atom is -0.462 e. The first kappa shape index (κ1) is 89.1. The fourth-order valence-corrected chi connectivity index (χ4v) is 12.4. The second kappa shape index (κ2) is 61.6. The van der Waals surface area contributed by atoms with Crippen LogP contribution < -0.4 is 0 Å². The van der Waals surface area contributed by atoms with E-state index in [0.29, 0.717) is 37.5 Å². The third kappa shape index (κ3) is 66.5. The van der Waals surface area contributed by atoms with Crippen molar-refractivity contribution in [2.45, 2.75) is 375 Å². The molecule has 0 saturated carbocycles. The molecule has 0 radical (unpaired) electrons.